The lowest BCUT2D eigenvalue weighted by Gasteiger charge is -2.27. The summed E-state index contributed by atoms with van der Waals surface area (Å²) in [6.45, 7) is 0. The van der Waals surface area contributed by atoms with Crippen LogP contribution in [0.1, 0.15) is 0 Å². The Bertz CT molecular complexity index is 2910. The summed E-state index contributed by atoms with van der Waals surface area (Å²) in [7, 11) is 0. The van der Waals surface area contributed by atoms with E-state index in [1.807, 2.05) is 11.3 Å². The second-order valence-corrected chi connectivity index (χ2v) is 14.8. The molecule has 0 aliphatic carbocycles. The zero-order valence-electron chi connectivity index (χ0n) is 29.6. The quantitative estimate of drug-likeness (QED) is 0.160. The Labute approximate surface area is 319 Å². The molecule has 0 N–H and O–H groups in total. The van der Waals surface area contributed by atoms with E-state index in [4.69, 9.17) is 0 Å². The molecule has 0 aliphatic rings. The molecule has 1 aromatic heterocycles. The minimum atomic E-state index is 1.11. The lowest BCUT2D eigenvalue weighted by atomic mass is 9.93. The smallest absolute Gasteiger partial charge is 0.0640 e. The topological polar surface area (TPSA) is 3.24 Å². The molecule has 0 fully saturated rings. The van der Waals surface area contributed by atoms with E-state index in [2.05, 4.69) is 217 Å². The molecule has 0 aliphatic heterocycles. The number of hydrogen-bond acceptors (Lipinski definition) is 2. The van der Waals surface area contributed by atoms with Crippen LogP contribution >= 0.6 is 11.3 Å². The fourth-order valence-corrected chi connectivity index (χ4v) is 8.98. The van der Waals surface area contributed by atoms with Gasteiger partial charge in [0, 0.05) is 26.8 Å². The molecule has 0 spiro atoms. The summed E-state index contributed by atoms with van der Waals surface area (Å²) in [6, 6.07) is 77.1. The van der Waals surface area contributed by atoms with Gasteiger partial charge in [-0.25, -0.2) is 0 Å². The first-order chi connectivity index (χ1) is 26.8. The molecular formula is C52H35NS. The van der Waals surface area contributed by atoms with Crippen LogP contribution in [0.2, 0.25) is 0 Å². The van der Waals surface area contributed by atoms with Crippen LogP contribution in [0.4, 0.5) is 17.1 Å². The Hall–Kier alpha value is -6.74. The molecule has 0 saturated carbocycles. The van der Waals surface area contributed by atoms with Gasteiger partial charge in [0.15, 0.2) is 0 Å². The van der Waals surface area contributed by atoms with E-state index in [-0.39, 0.29) is 0 Å². The van der Waals surface area contributed by atoms with E-state index in [0.29, 0.717) is 0 Å². The van der Waals surface area contributed by atoms with Gasteiger partial charge in [-0.1, -0.05) is 164 Å². The SMILES string of the molecule is c1ccc(-c2ccc3cc(-c4ccc(N(c5ccc(-c6ccccc6)c(-c6ccccc6)c5)c5cccc6c5sc5ccccc56)cc4)ccc3c2)cc1. The molecule has 1 nitrogen and oxygen atoms in total. The number of hydrogen-bond donors (Lipinski definition) is 0. The molecule has 0 bridgehead atoms. The zero-order valence-corrected chi connectivity index (χ0v) is 30.4. The van der Waals surface area contributed by atoms with Crippen molar-refractivity contribution >= 4 is 59.3 Å². The normalized spacial score (nSPS) is 11.3. The van der Waals surface area contributed by atoms with E-state index >= 15 is 0 Å². The Morgan fingerprint density at radius 1 is 0.315 bits per heavy atom. The molecule has 254 valence electrons. The molecule has 54 heavy (non-hydrogen) atoms. The first-order valence-corrected chi connectivity index (χ1v) is 19.2. The summed E-state index contributed by atoms with van der Waals surface area (Å²) in [5, 5.41) is 5.06. The molecule has 0 radical (unpaired) electrons. The van der Waals surface area contributed by atoms with Gasteiger partial charge in [-0.3, -0.25) is 0 Å². The molecular weight excluding hydrogens is 671 g/mol. The van der Waals surface area contributed by atoms with Crippen molar-refractivity contribution in [3.8, 4) is 44.5 Å². The Morgan fingerprint density at radius 2 is 0.833 bits per heavy atom. The van der Waals surface area contributed by atoms with Gasteiger partial charge in [0.25, 0.3) is 0 Å². The number of thiophene rings is 1. The maximum atomic E-state index is 2.44. The lowest BCUT2D eigenvalue weighted by Crippen LogP contribution is -2.10. The third kappa shape index (κ3) is 5.84. The molecule has 0 saturated heterocycles. The van der Waals surface area contributed by atoms with E-state index in [0.717, 1.165) is 11.4 Å². The summed E-state index contributed by atoms with van der Waals surface area (Å²) < 4.78 is 2.58. The van der Waals surface area contributed by atoms with Crippen molar-refractivity contribution < 1.29 is 0 Å². The van der Waals surface area contributed by atoms with Gasteiger partial charge in [-0.2, -0.15) is 0 Å². The predicted molar refractivity (Wildman–Crippen MR) is 233 cm³/mol. The minimum absolute atomic E-state index is 1.11. The summed E-state index contributed by atoms with van der Waals surface area (Å²) in [4.78, 5) is 2.44. The number of benzene rings is 9. The van der Waals surface area contributed by atoms with Crippen molar-refractivity contribution in [2.24, 2.45) is 0 Å². The molecule has 2 heteroatoms. The third-order valence-electron chi connectivity index (χ3n) is 10.5. The number of rotatable bonds is 7. The van der Waals surface area contributed by atoms with E-state index < -0.39 is 0 Å². The van der Waals surface area contributed by atoms with E-state index in [9.17, 15) is 0 Å². The van der Waals surface area contributed by atoms with Gasteiger partial charge in [0.05, 0.1) is 10.4 Å². The summed E-state index contributed by atoms with van der Waals surface area (Å²) in [5.74, 6) is 0. The van der Waals surface area contributed by atoms with Crippen molar-refractivity contribution in [3.05, 3.63) is 212 Å². The van der Waals surface area contributed by atoms with Gasteiger partial charge in [-0.05, 0) is 104 Å². The van der Waals surface area contributed by atoms with Gasteiger partial charge in [0.2, 0.25) is 0 Å². The van der Waals surface area contributed by atoms with Crippen molar-refractivity contribution in [3.63, 3.8) is 0 Å². The highest BCUT2D eigenvalue weighted by atomic mass is 32.1. The highest BCUT2D eigenvalue weighted by Gasteiger charge is 2.20. The third-order valence-corrected chi connectivity index (χ3v) is 11.7. The monoisotopic (exact) mass is 705 g/mol. The number of anilines is 3. The average molecular weight is 706 g/mol. The van der Waals surface area contributed by atoms with Crippen LogP contribution in [0.15, 0.2) is 212 Å². The fourth-order valence-electron chi connectivity index (χ4n) is 7.77. The summed E-state index contributed by atoms with van der Waals surface area (Å²) in [6.07, 6.45) is 0. The maximum Gasteiger partial charge on any atom is 0.0640 e. The Balaban J connectivity index is 1.11. The predicted octanol–water partition coefficient (Wildman–Crippen LogP) is 15.3. The summed E-state index contributed by atoms with van der Waals surface area (Å²) >= 11 is 1.87. The first kappa shape index (κ1) is 32.0. The summed E-state index contributed by atoms with van der Waals surface area (Å²) in [5.41, 5.74) is 13.1. The van der Waals surface area contributed by atoms with Crippen LogP contribution in [0.3, 0.4) is 0 Å². The maximum absolute atomic E-state index is 2.44. The van der Waals surface area contributed by atoms with Crippen LogP contribution in [0.5, 0.6) is 0 Å². The lowest BCUT2D eigenvalue weighted by molar-refractivity contribution is 1.30. The molecule has 0 unspecified atom stereocenters. The minimum Gasteiger partial charge on any atom is -0.309 e. The molecule has 0 amide bonds. The highest BCUT2D eigenvalue weighted by Crippen LogP contribution is 2.46. The molecule has 10 rings (SSSR count). The van der Waals surface area contributed by atoms with Crippen LogP contribution in [-0.4, -0.2) is 0 Å². The van der Waals surface area contributed by atoms with E-state index in [1.54, 1.807) is 0 Å². The molecule has 0 atom stereocenters. The van der Waals surface area contributed by atoms with Gasteiger partial charge >= 0.3 is 0 Å². The van der Waals surface area contributed by atoms with Crippen LogP contribution in [-0.2, 0) is 0 Å². The fraction of sp³-hybridized carbons (Fsp3) is 0. The Morgan fingerprint density at radius 3 is 1.50 bits per heavy atom. The van der Waals surface area contributed by atoms with Crippen LogP contribution in [0, 0.1) is 0 Å². The standard InChI is InChI=1S/C52H35NS/c1-4-13-36(14-5-1)40-23-25-43-34-41(24-26-42(43)33-40)37-27-29-44(30-28-37)53(50-21-12-20-48-47-19-10-11-22-51(47)54-52(48)50)45-31-32-46(38-15-6-2-7-16-38)49(35-45)39-17-8-3-9-18-39/h1-35H. The average Bonchev–Trinajstić information content (AvgIpc) is 3.64. The zero-order chi connectivity index (χ0) is 35.8. The second-order valence-electron chi connectivity index (χ2n) is 13.7. The molecule has 10 aromatic rings. The van der Waals surface area contributed by atoms with Gasteiger partial charge in [-0.15, -0.1) is 11.3 Å². The van der Waals surface area contributed by atoms with Crippen molar-refractivity contribution in [2.75, 3.05) is 4.90 Å². The highest BCUT2D eigenvalue weighted by molar-refractivity contribution is 7.26. The number of fused-ring (bicyclic) bond motifs is 4. The van der Waals surface area contributed by atoms with E-state index in [1.165, 1.54) is 81.1 Å². The molecule has 9 aromatic carbocycles. The van der Waals surface area contributed by atoms with Gasteiger partial charge in [0.1, 0.15) is 0 Å². The van der Waals surface area contributed by atoms with Gasteiger partial charge < -0.3 is 4.90 Å². The second kappa shape index (κ2) is 13.7. The van der Waals surface area contributed by atoms with Crippen molar-refractivity contribution in [2.45, 2.75) is 0 Å². The Kier molecular flexibility index (Phi) is 8.09. The van der Waals surface area contributed by atoms with Crippen LogP contribution in [0.25, 0.3) is 75.5 Å². The number of nitrogens with zero attached hydrogens (tertiary/aromatic N) is 1. The van der Waals surface area contributed by atoms with Crippen molar-refractivity contribution in [1.82, 2.24) is 0 Å². The largest absolute Gasteiger partial charge is 0.309 e. The van der Waals surface area contributed by atoms with Crippen LogP contribution < -0.4 is 4.90 Å². The van der Waals surface area contributed by atoms with Crippen molar-refractivity contribution in [1.29, 1.82) is 0 Å². The molecule has 1 heterocycles. The first-order valence-electron chi connectivity index (χ1n) is 18.4.